The van der Waals surface area contributed by atoms with E-state index in [2.05, 4.69) is 39.8 Å². The van der Waals surface area contributed by atoms with Crippen LogP contribution < -0.4 is 4.74 Å². The Balaban J connectivity index is 2.29. The molecule has 0 aliphatic carbocycles. The number of aliphatic hydroxyl groups excluding tert-OH is 4. The van der Waals surface area contributed by atoms with Crippen molar-refractivity contribution in [3.8, 4) is 11.5 Å². The third-order valence-corrected chi connectivity index (χ3v) is 6.47. The van der Waals surface area contributed by atoms with Crippen LogP contribution in [0.4, 0.5) is 0 Å². The highest BCUT2D eigenvalue weighted by molar-refractivity contribution is 5.48. The number of phenolic OH excluding ortho intramolecular Hbond substituents is 1. The van der Waals surface area contributed by atoms with Gasteiger partial charge in [-0.15, -0.1) is 0 Å². The summed E-state index contributed by atoms with van der Waals surface area (Å²) >= 11 is 0. The number of hydrogen-bond donors (Lipinski definition) is 5. The molecule has 7 heteroatoms. The summed E-state index contributed by atoms with van der Waals surface area (Å²) in [5, 5.41) is 50.9. The van der Waals surface area contributed by atoms with Crippen LogP contribution in [-0.2, 0) is 17.6 Å². The van der Waals surface area contributed by atoms with Crippen molar-refractivity contribution in [2.24, 2.45) is 5.92 Å². The highest BCUT2D eigenvalue weighted by Gasteiger charge is 2.45. The van der Waals surface area contributed by atoms with Gasteiger partial charge in [-0.2, -0.15) is 0 Å². The minimum absolute atomic E-state index is 0.110. The molecule has 0 amide bonds. The Labute approximate surface area is 209 Å². The highest BCUT2D eigenvalue weighted by Crippen LogP contribution is 2.35. The zero-order valence-electron chi connectivity index (χ0n) is 21.6. The van der Waals surface area contributed by atoms with Crippen molar-refractivity contribution in [1.29, 1.82) is 0 Å². The number of phenols is 1. The van der Waals surface area contributed by atoms with Crippen LogP contribution in [-0.4, -0.2) is 56.9 Å². The van der Waals surface area contributed by atoms with Gasteiger partial charge < -0.3 is 35.0 Å². The Hall–Kier alpha value is -1.90. The fourth-order valence-corrected chi connectivity index (χ4v) is 4.20. The summed E-state index contributed by atoms with van der Waals surface area (Å²) in [4.78, 5) is 0. The van der Waals surface area contributed by atoms with Crippen LogP contribution in [0.15, 0.2) is 35.4 Å². The zero-order valence-corrected chi connectivity index (χ0v) is 21.6. The normalized spacial score (nSPS) is 24.9. The molecule has 0 aromatic heterocycles. The Morgan fingerprint density at radius 3 is 2.43 bits per heavy atom. The molecule has 5 N–H and O–H groups in total. The maximum Gasteiger partial charge on any atom is 0.210 e. The smallest absolute Gasteiger partial charge is 0.210 e. The molecule has 0 saturated carbocycles. The van der Waals surface area contributed by atoms with Gasteiger partial charge in [0.25, 0.3) is 0 Å². The van der Waals surface area contributed by atoms with Gasteiger partial charge in [0.05, 0.1) is 18.6 Å². The lowest BCUT2D eigenvalue weighted by atomic mass is 9.94. The van der Waals surface area contributed by atoms with E-state index in [1.807, 2.05) is 6.07 Å². The maximum atomic E-state index is 10.9. The number of aromatic hydroxyl groups is 1. The molecule has 1 fully saturated rings. The first-order chi connectivity index (χ1) is 16.7. The summed E-state index contributed by atoms with van der Waals surface area (Å²) in [5.74, 6) is -0.472. The topological polar surface area (TPSA) is 120 Å². The average Bonchev–Trinajstić information content (AvgIpc) is 2.80. The number of aliphatic hydroxyl groups is 4. The number of aryl methyl sites for hydroxylation is 1. The molecule has 5 atom stereocenters. The number of allylic oxidation sites excluding steroid dienone is 4. The molecule has 1 aromatic carbocycles. The van der Waals surface area contributed by atoms with E-state index in [0.717, 1.165) is 50.5 Å². The fourth-order valence-electron chi connectivity index (χ4n) is 4.20. The van der Waals surface area contributed by atoms with E-state index < -0.39 is 37.3 Å². The first-order valence-corrected chi connectivity index (χ1v) is 12.8. The van der Waals surface area contributed by atoms with Gasteiger partial charge in [-0.25, -0.2) is 0 Å². The second-order valence-corrected chi connectivity index (χ2v) is 9.82. The number of rotatable bonds is 13. The molecule has 1 saturated heterocycles. The summed E-state index contributed by atoms with van der Waals surface area (Å²) < 4.78 is 11.4. The first kappa shape index (κ1) is 29.3. The molecule has 1 aliphatic rings. The lowest BCUT2D eigenvalue weighted by Crippen LogP contribution is -2.57. The Morgan fingerprint density at radius 2 is 1.77 bits per heavy atom. The molecule has 198 valence electrons. The molecule has 35 heavy (non-hydrogen) atoms. The lowest BCUT2D eigenvalue weighted by molar-refractivity contribution is -0.312. The van der Waals surface area contributed by atoms with Gasteiger partial charge in [-0.05, 0) is 70.6 Å². The van der Waals surface area contributed by atoms with Crippen molar-refractivity contribution in [3.05, 3.63) is 46.6 Å². The Morgan fingerprint density at radius 1 is 1.03 bits per heavy atom. The predicted octanol–water partition coefficient (Wildman–Crippen LogP) is 4.13. The minimum atomic E-state index is -1.65. The first-order valence-electron chi connectivity index (χ1n) is 12.8. The van der Waals surface area contributed by atoms with Crippen molar-refractivity contribution in [3.63, 3.8) is 0 Å². The minimum Gasteiger partial charge on any atom is -0.508 e. The van der Waals surface area contributed by atoms with E-state index in [0.29, 0.717) is 17.7 Å². The monoisotopic (exact) mass is 492 g/mol. The van der Waals surface area contributed by atoms with E-state index in [9.17, 15) is 25.5 Å². The summed E-state index contributed by atoms with van der Waals surface area (Å²) in [6.07, 6.45) is 5.88. The summed E-state index contributed by atoms with van der Waals surface area (Å²) in [6.45, 7) is 7.85. The van der Waals surface area contributed by atoms with Gasteiger partial charge >= 0.3 is 0 Å². The molecule has 0 spiro atoms. The average molecular weight is 493 g/mol. The molecule has 1 unspecified atom stereocenters. The molecular weight excluding hydrogens is 448 g/mol. The SMILES string of the molecule is CCCCCCc1cc(O)c(C/C=C(\C)CCC=C(C)C)c(OC2O[C@H](O)[C@@H](O)[C@H](O)[C@H]2CO)c1. The number of benzene rings is 1. The second-order valence-electron chi connectivity index (χ2n) is 9.82. The number of unbranched alkanes of at least 4 members (excludes halogenated alkanes) is 3. The highest BCUT2D eigenvalue weighted by atomic mass is 16.7. The predicted molar refractivity (Wildman–Crippen MR) is 136 cm³/mol. The molecule has 0 radical (unpaired) electrons. The van der Waals surface area contributed by atoms with E-state index >= 15 is 0 Å². The van der Waals surface area contributed by atoms with Gasteiger partial charge in [0.2, 0.25) is 6.29 Å². The molecule has 1 aliphatic heterocycles. The van der Waals surface area contributed by atoms with Crippen molar-refractivity contribution < 1.29 is 35.0 Å². The maximum absolute atomic E-state index is 10.9. The van der Waals surface area contributed by atoms with Crippen LogP contribution in [0.3, 0.4) is 0 Å². The van der Waals surface area contributed by atoms with Gasteiger partial charge in [0.1, 0.15) is 17.6 Å². The van der Waals surface area contributed by atoms with Crippen LogP contribution in [0.25, 0.3) is 0 Å². The van der Waals surface area contributed by atoms with E-state index in [1.165, 1.54) is 11.1 Å². The molecule has 0 bridgehead atoms. The molecule has 7 nitrogen and oxygen atoms in total. The lowest BCUT2D eigenvalue weighted by Gasteiger charge is -2.40. The van der Waals surface area contributed by atoms with Crippen molar-refractivity contribution in [1.82, 2.24) is 0 Å². The third-order valence-electron chi connectivity index (χ3n) is 6.47. The molecule has 2 rings (SSSR count). The van der Waals surface area contributed by atoms with Crippen molar-refractivity contribution >= 4 is 0 Å². The standard InChI is InChI=1S/C28H44O7/c1-5-6-7-8-12-20-15-23(30)21(14-13-19(4)11-9-10-18(2)3)24(16-20)34-28-22(17-29)25(31)26(32)27(33)35-28/h10,13,15-16,22,25-33H,5-9,11-12,14,17H2,1-4H3/b19-13+/t22-,25-,26+,27+,28?/m1/s1. The largest absolute Gasteiger partial charge is 0.508 e. The van der Waals surface area contributed by atoms with E-state index in [-0.39, 0.29) is 5.75 Å². The quantitative estimate of drug-likeness (QED) is 0.207. The molecular formula is C28H44O7. The van der Waals surface area contributed by atoms with E-state index in [1.54, 1.807) is 6.07 Å². The van der Waals surface area contributed by atoms with Crippen LogP contribution in [0.2, 0.25) is 0 Å². The van der Waals surface area contributed by atoms with Gasteiger partial charge in [-0.1, -0.05) is 49.5 Å². The van der Waals surface area contributed by atoms with Crippen LogP contribution >= 0.6 is 0 Å². The third kappa shape index (κ3) is 8.92. The van der Waals surface area contributed by atoms with Crippen LogP contribution in [0, 0.1) is 5.92 Å². The van der Waals surface area contributed by atoms with Crippen molar-refractivity contribution in [2.45, 2.75) is 104 Å². The van der Waals surface area contributed by atoms with Gasteiger partial charge in [0, 0.05) is 5.56 Å². The van der Waals surface area contributed by atoms with Crippen molar-refractivity contribution in [2.75, 3.05) is 6.61 Å². The fraction of sp³-hybridized carbons (Fsp3) is 0.643. The number of hydrogen-bond acceptors (Lipinski definition) is 7. The molecule has 1 aromatic rings. The summed E-state index contributed by atoms with van der Waals surface area (Å²) in [5.41, 5.74) is 3.95. The Kier molecular flexibility index (Phi) is 12.2. The second kappa shape index (κ2) is 14.6. The summed E-state index contributed by atoms with van der Waals surface area (Å²) in [7, 11) is 0. The van der Waals surface area contributed by atoms with Crippen LogP contribution in [0.5, 0.6) is 11.5 Å². The number of ether oxygens (including phenoxy) is 2. The van der Waals surface area contributed by atoms with Gasteiger partial charge in [0.15, 0.2) is 6.29 Å². The Bertz CT molecular complexity index is 844. The molecule has 1 heterocycles. The van der Waals surface area contributed by atoms with Crippen LogP contribution in [0.1, 0.15) is 77.3 Å². The van der Waals surface area contributed by atoms with E-state index in [4.69, 9.17) is 9.47 Å². The zero-order chi connectivity index (χ0) is 26.0. The van der Waals surface area contributed by atoms with Gasteiger partial charge in [-0.3, -0.25) is 0 Å². The summed E-state index contributed by atoms with van der Waals surface area (Å²) in [6, 6.07) is 3.62.